The molecule has 3 amide bonds. The highest BCUT2D eigenvalue weighted by Gasteiger charge is 2.40. The summed E-state index contributed by atoms with van der Waals surface area (Å²) < 4.78 is 16.2. The number of imide groups is 1. The van der Waals surface area contributed by atoms with Crippen molar-refractivity contribution in [3.63, 3.8) is 0 Å². The van der Waals surface area contributed by atoms with Gasteiger partial charge in [-0.05, 0) is 55.2 Å². The highest BCUT2D eigenvalue weighted by Crippen LogP contribution is 2.32. The third-order valence-corrected chi connectivity index (χ3v) is 6.77. The number of esters is 1. The van der Waals surface area contributed by atoms with E-state index in [1.165, 1.54) is 23.1 Å². The second-order valence-electron chi connectivity index (χ2n) is 9.19. The van der Waals surface area contributed by atoms with Crippen LogP contribution in [-0.2, 0) is 16.0 Å². The number of ether oxygens (including phenoxy) is 3. The van der Waals surface area contributed by atoms with Gasteiger partial charge in [-0.3, -0.25) is 19.3 Å². The van der Waals surface area contributed by atoms with Crippen molar-refractivity contribution in [3.05, 3.63) is 58.7 Å². The topological polar surface area (TPSA) is 111 Å². The zero-order chi connectivity index (χ0) is 25.1. The molecule has 2 heterocycles. The first-order chi connectivity index (χ1) is 17.5. The van der Waals surface area contributed by atoms with Crippen LogP contribution in [0.2, 0.25) is 0 Å². The fourth-order valence-corrected chi connectivity index (χ4v) is 4.91. The van der Waals surface area contributed by atoms with E-state index in [0.29, 0.717) is 43.2 Å². The van der Waals surface area contributed by atoms with Gasteiger partial charge >= 0.3 is 5.97 Å². The smallest absolute Gasteiger partial charge is 0.338 e. The number of nitrogens with zero attached hydrogens (tertiary/aromatic N) is 1. The summed E-state index contributed by atoms with van der Waals surface area (Å²) in [4.78, 5) is 51.8. The van der Waals surface area contributed by atoms with Crippen molar-refractivity contribution in [2.24, 2.45) is 0 Å². The molecule has 9 heteroatoms. The molecule has 0 unspecified atom stereocenters. The molecule has 1 aliphatic carbocycles. The van der Waals surface area contributed by atoms with Gasteiger partial charge < -0.3 is 19.5 Å². The van der Waals surface area contributed by atoms with E-state index in [4.69, 9.17) is 14.2 Å². The molecule has 1 N–H and O–H groups in total. The molecule has 9 nitrogen and oxygen atoms in total. The monoisotopic (exact) mass is 492 g/mol. The van der Waals surface area contributed by atoms with E-state index >= 15 is 0 Å². The minimum Gasteiger partial charge on any atom is -0.486 e. The summed E-state index contributed by atoms with van der Waals surface area (Å²) in [6.07, 6.45) is 5.30. The Morgan fingerprint density at radius 2 is 1.67 bits per heavy atom. The highest BCUT2D eigenvalue weighted by molar-refractivity contribution is 6.22. The summed E-state index contributed by atoms with van der Waals surface area (Å²) in [5, 5.41) is 2.72. The van der Waals surface area contributed by atoms with Gasteiger partial charge in [0.05, 0.1) is 16.7 Å². The van der Waals surface area contributed by atoms with Gasteiger partial charge in [0, 0.05) is 12.6 Å². The molecule has 1 saturated carbocycles. The number of carbonyl (C=O) groups is 4. The zero-order valence-electron chi connectivity index (χ0n) is 19.9. The Kier molecular flexibility index (Phi) is 6.88. The lowest BCUT2D eigenvalue weighted by molar-refractivity contribution is -0.124. The predicted molar refractivity (Wildman–Crippen MR) is 128 cm³/mol. The number of carbonyl (C=O) groups excluding carboxylic acids is 4. The summed E-state index contributed by atoms with van der Waals surface area (Å²) in [6.45, 7) is 0.951. The third kappa shape index (κ3) is 4.91. The highest BCUT2D eigenvalue weighted by atomic mass is 16.6. The van der Waals surface area contributed by atoms with Crippen molar-refractivity contribution < 1.29 is 33.4 Å². The molecule has 0 radical (unpaired) electrons. The molecule has 1 fully saturated rings. The maximum atomic E-state index is 12.9. The number of amides is 3. The third-order valence-electron chi connectivity index (χ3n) is 6.77. The Morgan fingerprint density at radius 3 is 2.47 bits per heavy atom. The lowest BCUT2D eigenvalue weighted by Crippen LogP contribution is -2.40. The van der Waals surface area contributed by atoms with Crippen LogP contribution in [0, 0.1) is 0 Å². The molecule has 2 aliphatic heterocycles. The standard InChI is InChI=1S/C27H28N2O7/c30-24(28-11-10-17-6-9-22-23(14-17)35-13-12-34-22)16-36-27(33)18-7-8-20-21(15-18)26(32)29(25(20)31)19-4-2-1-3-5-19/h6-9,14-15,19H,1-5,10-13,16H2,(H,28,30). The number of hydrogen-bond donors (Lipinski definition) is 1. The first-order valence-corrected chi connectivity index (χ1v) is 12.4. The molecule has 0 aromatic heterocycles. The molecule has 2 aromatic carbocycles. The molecule has 0 atom stereocenters. The maximum Gasteiger partial charge on any atom is 0.338 e. The van der Waals surface area contributed by atoms with Crippen molar-refractivity contribution in [2.75, 3.05) is 26.4 Å². The number of rotatable bonds is 7. The van der Waals surface area contributed by atoms with Crippen molar-refractivity contribution in [1.29, 1.82) is 0 Å². The molecule has 0 saturated heterocycles. The van der Waals surface area contributed by atoms with Gasteiger partial charge in [-0.25, -0.2) is 4.79 Å². The van der Waals surface area contributed by atoms with Gasteiger partial charge in [0.25, 0.3) is 17.7 Å². The van der Waals surface area contributed by atoms with Gasteiger partial charge in [0.1, 0.15) is 13.2 Å². The SMILES string of the molecule is O=C(COC(=O)c1ccc2c(c1)C(=O)N(C1CCCCC1)C2=O)NCCc1ccc2c(c1)OCCO2. The maximum absolute atomic E-state index is 12.9. The Bertz CT molecular complexity index is 1200. The molecular weight excluding hydrogens is 464 g/mol. The molecule has 36 heavy (non-hydrogen) atoms. The van der Waals surface area contributed by atoms with E-state index in [-0.39, 0.29) is 29.0 Å². The Morgan fingerprint density at radius 1 is 0.917 bits per heavy atom. The Balaban J connectivity index is 1.12. The van der Waals surface area contributed by atoms with Crippen molar-refractivity contribution in [3.8, 4) is 11.5 Å². The summed E-state index contributed by atoms with van der Waals surface area (Å²) in [6, 6.07) is 9.88. The Hall–Kier alpha value is -3.88. The average Bonchev–Trinajstić information content (AvgIpc) is 3.16. The summed E-state index contributed by atoms with van der Waals surface area (Å²) in [7, 11) is 0. The Labute approximate surface area is 208 Å². The molecule has 0 spiro atoms. The van der Waals surface area contributed by atoms with Crippen molar-refractivity contribution >= 4 is 23.7 Å². The second-order valence-corrected chi connectivity index (χ2v) is 9.19. The van der Waals surface area contributed by atoms with Crippen LogP contribution in [-0.4, -0.2) is 61.0 Å². The van der Waals surface area contributed by atoms with E-state index in [9.17, 15) is 19.2 Å². The minimum absolute atomic E-state index is 0.0904. The van der Waals surface area contributed by atoms with Gasteiger partial charge in [-0.1, -0.05) is 25.3 Å². The van der Waals surface area contributed by atoms with Crippen LogP contribution in [0.15, 0.2) is 36.4 Å². The number of fused-ring (bicyclic) bond motifs is 2. The van der Waals surface area contributed by atoms with E-state index in [2.05, 4.69) is 5.32 Å². The van der Waals surface area contributed by atoms with Gasteiger partial charge in [0.2, 0.25) is 0 Å². The fourth-order valence-electron chi connectivity index (χ4n) is 4.91. The van der Waals surface area contributed by atoms with E-state index in [0.717, 1.165) is 37.7 Å². The number of benzene rings is 2. The van der Waals surface area contributed by atoms with E-state index in [1.54, 1.807) is 0 Å². The fraction of sp³-hybridized carbons (Fsp3) is 0.407. The van der Waals surface area contributed by atoms with Gasteiger partial charge in [-0.15, -0.1) is 0 Å². The molecule has 5 rings (SSSR count). The van der Waals surface area contributed by atoms with Crippen LogP contribution in [0.5, 0.6) is 11.5 Å². The largest absolute Gasteiger partial charge is 0.486 e. The molecule has 3 aliphatic rings. The summed E-state index contributed by atoms with van der Waals surface area (Å²) >= 11 is 0. The van der Waals surface area contributed by atoms with Gasteiger partial charge in [0.15, 0.2) is 18.1 Å². The van der Waals surface area contributed by atoms with Crippen LogP contribution < -0.4 is 14.8 Å². The van der Waals surface area contributed by atoms with E-state index < -0.39 is 18.5 Å². The molecule has 0 bridgehead atoms. The van der Waals surface area contributed by atoms with Crippen LogP contribution >= 0.6 is 0 Å². The van der Waals surface area contributed by atoms with Crippen LogP contribution in [0.1, 0.15) is 68.7 Å². The minimum atomic E-state index is -0.726. The molecule has 188 valence electrons. The normalized spacial score (nSPS) is 17.1. The summed E-state index contributed by atoms with van der Waals surface area (Å²) in [5.41, 5.74) is 1.63. The van der Waals surface area contributed by atoms with E-state index in [1.807, 2.05) is 18.2 Å². The van der Waals surface area contributed by atoms with Crippen LogP contribution in [0.4, 0.5) is 0 Å². The first-order valence-electron chi connectivity index (χ1n) is 12.4. The quantitative estimate of drug-likeness (QED) is 0.467. The lowest BCUT2D eigenvalue weighted by atomic mass is 9.94. The number of hydrogen-bond acceptors (Lipinski definition) is 7. The zero-order valence-corrected chi connectivity index (χ0v) is 19.9. The van der Waals surface area contributed by atoms with Crippen LogP contribution in [0.25, 0.3) is 0 Å². The van der Waals surface area contributed by atoms with Gasteiger partial charge in [-0.2, -0.15) is 0 Å². The van der Waals surface area contributed by atoms with Crippen molar-refractivity contribution in [1.82, 2.24) is 10.2 Å². The lowest BCUT2D eigenvalue weighted by Gasteiger charge is -2.29. The number of nitrogens with one attached hydrogen (secondary N) is 1. The second kappa shape index (κ2) is 10.4. The molecule has 2 aromatic rings. The van der Waals surface area contributed by atoms with Crippen LogP contribution in [0.3, 0.4) is 0 Å². The average molecular weight is 493 g/mol. The van der Waals surface area contributed by atoms with Crippen molar-refractivity contribution in [2.45, 2.75) is 44.6 Å². The summed E-state index contributed by atoms with van der Waals surface area (Å²) in [5.74, 6) is -0.434. The molecular formula is C27H28N2O7. The predicted octanol–water partition coefficient (Wildman–Crippen LogP) is 2.90. The first kappa shape index (κ1) is 23.8.